The van der Waals surface area contributed by atoms with E-state index in [-0.39, 0.29) is 51.4 Å². The van der Waals surface area contributed by atoms with Crippen LogP contribution >= 0.6 is 0 Å². The topological polar surface area (TPSA) is 12.0 Å². The summed E-state index contributed by atoms with van der Waals surface area (Å²) in [5, 5.41) is 2.19. The minimum atomic E-state index is -4.61. The molecule has 0 aliphatic carbocycles. The normalized spacial score (nSPS) is 10.7. The molecule has 0 heterocycles. The molecule has 0 spiro atoms. The van der Waals surface area contributed by atoms with Gasteiger partial charge in [-0.3, -0.25) is 0 Å². The standard InChI is InChI=1S/C3H8BF3N.K/c1-2-8-3-4(5,6)7;/h8H,2-3H2,1H3;/q-1;+1. The van der Waals surface area contributed by atoms with Crippen LogP contribution in [0.3, 0.4) is 0 Å². The maximum atomic E-state index is 11.2. The van der Waals surface area contributed by atoms with E-state index in [4.69, 9.17) is 0 Å². The number of hydrogen-bond donors (Lipinski definition) is 1. The van der Waals surface area contributed by atoms with Crippen molar-refractivity contribution in [2.24, 2.45) is 0 Å². The van der Waals surface area contributed by atoms with Gasteiger partial charge in [0.05, 0.1) is 0 Å². The summed E-state index contributed by atoms with van der Waals surface area (Å²) in [5.74, 6) is 0. The van der Waals surface area contributed by atoms with Crippen molar-refractivity contribution in [1.29, 1.82) is 0 Å². The molecule has 50 valence electrons. The monoisotopic (exact) mass is 165 g/mol. The molecule has 0 amide bonds. The maximum absolute atomic E-state index is 11.2. The molecule has 0 aliphatic heterocycles. The minimum Gasteiger partial charge on any atom is -0.448 e. The van der Waals surface area contributed by atoms with Gasteiger partial charge in [-0.15, -0.1) is 0 Å². The average molecular weight is 165 g/mol. The third kappa shape index (κ3) is 12.6. The van der Waals surface area contributed by atoms with Gasteiger partial charge < -0.3 is 18.3 Å². The molecule has 1 N–H and O–H groups in total. The smallest absolute Gasteiger partial charge is 0.448 e. The fourth-order valence-corrected chi connectivity index (χ4v) is 0.308. The van der Waals surface area contributed by atoms with Crippen molar-refractivity contribution in [1.82, 2.24) is 5.32 Å². The minimum absolute atomic E-state index is 0. The number of nitrogens with one attached hydrogen (secondary N) is 1. The quantitative estimate of drug-likeness (QED) is 0.476. The van der Waals surface area contributed by atoms with E-state index in [1.165, 1.54) is 0 Å². The van der Waals surface area contributed by atoms with Crippen molar-refractivity contribution in [3.8, 4) is 0 Å². The van der Waals surface area contributed by atoms with Gasteiger partial charge in [-0.2, -0.15) is 0 Å². The van der Waals surface area contributed by atoms with E-state index in [0.717, 1.165) is 0 Å². The van der Waals surface area contributed by atoms with Gasteiger partial charge in [0.1, 0.15) is 0 Å². The van der Waals surface area contributed by atoms with Crippen LogP contribution in [0, 0.1) is 0 Å². The fourth-order valence-electron chi connectivity index (χ4n) is 0.308. The van der Waals surface area contributed by atoms with E-state index < -0.39 is 13.4 Å². The molecule has 0 radical (unpaired) electrons. The van der Waals surface area contributed by atoms with Crippen LogP contribution in [-0.2, 0) is 0 Å². The summed E-state index contributed by atoms with van der Waals surface area (Å²) in [6.45, 7) is -2.60. The summed E-state index contributed by atoms with van der Waals surface area (Å²) >= 11 is 0. The third-order valence-corrected chi connectivity index (χ3v) is 0.626. The Kier molecular flexibility index (Phi) is 8.98. The molecule has 0 bridgehead atoms. The molecule has 9 heavy (non-hydrogen) atoms. The van der Waals surface area contributed by atoms with Crippen molar-refractivity contribution in [3.63, 3.8) is 0 Å². The molecule has 0 aromatic carbocycles. The molecule has 0 aliphatic rings. The zero-order valence-electron chi connectivity index (χ0n) is 5.63. The molecule has 0 atom stereocenters. The van der Waals surface area contributed by atoms with Crippen LogP contribution in [0.5, 0.6) is 0 Å². The third-order valence-electron chi connectivity index (χ3n) is 0.626. The van der Waals surface area contributed by atoms with E-state index in [9.17, 15) is 12.9 Å². The zero-order chi connectivity index (χ0) is 6.62. The molecule has 0 rings (SSSR count). The first-order chi connectivity index (χ1) is 3.56. The van der Waals surface area contributed by atoms with E-state index in [2.05, 4.69) is 5.32 Å². The summed E-state index contributed by atoms with van der Waals surface area (Å²) in [4.78, 5) is 0. The van der Waals surface area contributed by atoms with Crippen molar-refractivity contribution >= 4 is 6.98 Å². The maximum Gasteiger partial charge on any atom is 1.00 e. The molecule has 0 fully saturated rings. The Morgan fingerprint density at radius 1 is 1.33 bits per heavy atom. The summed E-state index contributed by atoms with van der Waals surface area (Å²) in [5.41, 5.74) is 0. The van der Waals surface area contributed by atoms with Crippen molar-refractivity contribution in [2.45, 2.75) is 6.92 Å². The Balaban J connectivity index is 0. The van der Waals surface area contributed by atoms with E-state index >= 15 is 0 Å². The van der Waals surface area contributed by atoms with Crippen molar-refractivity contribution in [3.05, 3.63) is 0 Å². The fraction of sp³-hybridized carbons (Fsp3) is 1.00. The second-order valence-corrected chi connectivity index (χ2v) is 1.52. The number of rotatable bonds is 3. The summed E-state index contributed by atoms with van der Waals surface area (Å²) < 4.78 is 33.7. The molecule has 0 aromatic heterocycles. The molecule has 0 saturated heterocycles. The summed E-state index contributed by atoms with van der Waals surface area (Å²) in [6, 6.07) is 0. The van der Waals surface area contributed by atoms with Gasteiger partial charge in [0.25, 0.3) is 0 Å². The predicted octanol–water partition coefficient (Wildman–Crippen LogP) is -2.01. The summed E-state index contributed by atoms with van der Waals surface area (Å²) in [6.07, 6.45) is -0.823. The van der Waals surface area contributed by atoms with Crippen LogP contribution in [0.4, 0.5) is 12.9 Å². The van der Waals surface area contributed by atoms with E-state index in [0.29, 0.717) is 6.54 Å². The van der Waals surface area contributed by atoms with Gasteiger partial charge >= 0.3 is 58.4 Å². The van der Waals surface area contributed by atoms with Crippen LogP contribution in [0.1, 0.15) is 6.92 Å². The van der Waals surface area contributed by atoms with Gasteiger partial charge in [-0.05, 0) is 13.0 Å². The van der Waals surface area contributed by atoms with E-state index in [1.54, 1.807) is 6.92 Å². The van der Waals surface area contributed by atoms with Crippen LogP contribution in [0.25, 0.3) is 0 Å². The van der Waals surface area contributed by atoms with Gasteiger partial charge in [0, 0.05) is 0 Å². The van der Waals surface area contributed by atoms with Crippen molar-refractivity contribution < 1.29 is 64.3 Å². The predicted molar refractivity (Wildman–Crippen MR) is 27.6 cm³/mol. The average Bonchev–Trinajstić information content (AvgIpc) is 1.59. The SMILES string of the molecule is CCNC[B-](F)(F)F.[K+]. The Morgan fingerprint density at radius 2 is 1.78 bits per heavy atom. The van der Waals surface area contributed by atoms with E-state index in [1.807, 2.05) is 0 Å². The molecule has 0 saturated carbocycles. The first-order valence-electron chi connectivity index (χ1n) is 2.48. The zero-order valence-corrected chi connectivity index (χ0v) is 8.75. The first-order valence-corrected chi connectivity index (χ1v) is 2.48. The Bertz CT molecular complexity index is 66.6. The number of hydrogen-bond acceptors (Lipinski definition) is 1. The largest absolute Gasteiger partial charge is 1.00 e. The molecule has 0 unspecified atom stereocenters. The van der Waals surface area contributed by atoms with Gasteiger partial charge in [0.15, 0.2) is 0 Å². The van der Waals surface area contributed by atoms with Crippen LogP contribution in [-0.4, -0.2) is 20.0 Å². The van der Waals surface area contributed by atoms with Crippen LogP contribution in [0.2, 0.25) is 0 Å². The van der Waals surface area contributed by atoms with Gasteiger partial charge in [-0.25, -0.2) is 0 Å². The Labute approximate surface area is 95.2 Å². The molecular weight excluding hydrogens is 157 g/mol. The second kappa shape index (κ2) is 6.18. The first kappa shape index (κ1) is 13.1. The summed E-state index contributed by atoms with van der Waals surface area (Å²) in [7, 11) is 0. The van der Waals surface area contributed by atoms with Crippen LogP contribution < -0.4 is 56.7 Å². The Hall–Kier alpha value is 1.45. The Morgan fingerprint density at radius 3 is 1.89 bits per heavy atom. The van der Waals surface area contributed by atoms with Gasteiger partial charge in [0.2, 0.25) is 0 Å². The van der Waals surface area contributed by atoms with Crippen LogP contribution in [0.15, 0.2) is 0 Å². The second-order valence-electron chi connectivity index (χ2n) is 1.52. The van der Waals surface area contributed by atoms with Gasteiger partial charge in [-0.1, -0.05) is 6.92 Å². The number of halogens is 3. The molecule has 6 heteroatoms. The molecule has 1 nitrogen and oxygen atoms in total. The molecular formula is C3H8BF3KN. The van der Waals surface area contributed by atoms with Crippen molar-refractivity contribution in [2.75, 3.05) is 13.0 Å². The molecule has 0 aromatic rings.